The van der Waals surface area contributed by atoms with E-state index in [0.717, 1.165) is 12.2 Å². The van der Waals surface area contributed by atoms with Gasteiger partial charge in [0, 0.05) is 23.0 Å². The SMILES string of the molecule is O=C(O)[C@H](O)[C@@H](O)C(=O)O.c1ccc(SCCc2ccncc2)cc1. The van der Waals surface area contributed by atoms with Crippen molar-refractivity contribution >= 4 is 23.7 Å². The maximum Gasteiger partial charge on any atom is 0.335 e. The van der Waals surface area contributed by atoms with Crippen LogP contribution in [-0.2, 0) is 16.0 Å². The molecule has 0 saturated heterocycles. The van der Waals surface area contributed by atoms with Crippen molar-refractivity contribution in [2.75, 3.05) is 5.75 Å². The minimum atomic E-state index is -2.27. The lowest BCUT2D eigenvalue weighted by atomic mass is 10.2. The van der Waals surface area contributed by atoms with Gasteiger partial charge in [0.1, 0.15) is 0 Å². The highest BCUT2D eigenvalue weighted by Gasteiger charge is 2.29. The number of rotatable bonds is 7. The van der Waals surface area contributed by atoms with Crippen LogP contribution in [0.15, 0.2) is 59.8 Å². The predicted octanol–water partition coefficient (Wildman–Crippen LogP) is 1.29. The molecule has 4 N–H and O–H groups in total. The molecule has 2 rings (SSSR count). The van der Waals surface area contributed by atoms with Crippen molar-refractivity contribution in [2.24, 2.45) is 0 Å². The van der Waals surface area contributed by atoms with Crippen molar-refractivity contribution in [2.45, 2.75) is 23.5 Å². The van der Waals surface area contributed by atoms with E-state index in [0.29, 0.717) is 0 Å². The maximum absolute atomic E-state index is 9.77. The normalized spacial score (nSPS) is 12.4. The first kappa shape index (κ1) is 20.6. The fourth-order valence-corrected chi connectivity index (χ4v) is 2.55. The van der Waals surface area contributed by atoms with Gasteiger partial charge in [0.05, 0.1) is 0 Å². The molecule has 0 aliphatic rings. The maximum atomic E-state index is 9.77. The van der Waals surface area contributed by atoms with Crippen LogP contribution in [0.25, 0.3) is 0 Å². The van der Waals surface area contributed by atoms with E-state index in [4.69, 9.17) is 20.4 Å². The van der Waals surface area contributed by atoms with Gasteiger partial charge in [0.15, 0.2) is 12.2 Å². The smallest absolute Gasteiger partial charge is 0.335 e. The third-order valence-electron chi connectivity index (χ3n) is 2.96. The third-order valence-corrected chi connectivity index (χ3v) is 3.97. The highest BCUT2D eigenvalue weighted by atomic mass is 32.2. The number of nitrogens with zero attached hydrogens (tertiary/aromatic N) is 1. The standard InChI is InChI=1S/C13H13NS.C4H6O6/c1-2-4-13(5-3-1)15-11-8-12-6-9-14-10-7-12;5-1(3(7)8)2(6)4(9)10/h1-7,9-10H,8,11H2;1-2,5-6H,(H,7,8)(H,9,10)/t;1-,2-/m.1/s1. The molecule has 0 bridgehead atoms. The highest BCUT2D eigenvalue weighted by molar-refractivity contribution is 7.99. The Morgan fingerprint density at radius 3 is 1.92 bits per heavy atom. The van der Waals surface area contributed by atoms with Crippen molar-refractivity contribution in [1.29, 1.82) is 0 Å². The Labute approximate surface area is 149 Å². The molecule has 0 fully saturated rings. The lowest BCUT2D eigenvalue weighted by Gasteiger charge is -2.07. The molecule has 0 spiro atoms. The lowest BCUT2D eigenvalue weighted by molar-refractivity contribution is -0.165. The van der Waals surface area contributed by atoms with Crippen molar-refractivity contribution in [3.8, 4) is 0 Å². The van der Waals surface area contributed by atoms with Gasteiger partial charge in [0.25, 0.3) is 0 Å². The molecule has 2 atom stereocenters. The van der Waals surface area contributed by atoms with Crippen molar-refractivity contribution in [1.82, 2.24) is 4.98 Å². The number of benzene rings is 1. The van der Waals surface area contributed by atoms with Crippen molar-refractivity contribution in [3.63, 3.8) is 0 Å². The number of aromatic nitrogens is 1. The van der Waals surface area contributed by atoms with Gasteiger partial charge in [-0.1, -0.05) is 18.2 Å². The molecular formula is C17H19NO6S. The highest BCUT2D eigenvalue weighted by Crippen LogP contribution is 2.18. The fraction of sp³-hybridized carbons (Fsp3) is 0.235. The second-order valence-electron chi connectivity index (χ2n) is 4.83. The minimum Gasteiger partial charge on any atom is -0.479 e. The Balaban J connectivity index is 0.000000275. The Morgan fingerprint density at radius 1 is 0.920 bits per heavy atom. The molecule has 134 valence electrons. The summed E-state index contributed by atoms with van der Waals surface area (Å²) in [5.74, 6) is -2.42. The predicted molar refractivity (Wildman–Crippen MR) is 92.4 cm³/mol. The summed E-state index contributed by atoms with van der Waals surface area (Å²) >= 11 is 1.89. The third kappa shape index (κ3) is 8.30. The van der Waals surface area contributed by atoms with Crippen LogP contribution in [0.1, 0.15) is 5.56 Å². The summed E-state index contributed by atoms with van der Waals surface area (Å²) < 4.78 is 0. The summed E-state index contributed by atoms with van der Waals surface area (Å²) in [5.41, 5.74) is 1.36. The zero-order valence-electron chi connectivity index (χ0n) is 13.2. The molecular weight excluding hydrogens is 346 g/mol. The van der Waals surface area contributed by atoms with E-state index in [9.17, 15) is 9.59 Å². The average Bonchev–Trinajstić information content (AvgIpc) is 2.62. The summed E-state index contributed by atoms with van der Waals surface area (Å²) in [7, 11) is 0. The number of hydrogen-bond donors (Lipinski definition) is 4. The summed E-state index contributed by atoms with van der Waals surface area (Å²) in [4.78, 5) is 24.9. The number of aliphatic carboxylic acids is 2. The molecule has 1 aromatic heterocycles. The van der Waals surface area contributed by atoms with Crippen molar-refractivity contribution < 1.29 is 30.0 Å². The topological polar surface area (TPSA) is 128 Å². The second-order valence-corrected chi connectivity index (χ2v) is 6.00. The van der Waals surface area contributed by atoms with Gasteiger partial charge in [-0.2, -0.15) is 0 Å². The number of hydrogen-bond acceptors (Lipinski definition) is 6. The van der Waals surface area contributed by atoms with Gasteiger partial charge in [-0.15, -0.1) is 11.8 Å². The fourth-order valence-electron chi connectivity index (χ4n) is 1.62. The molecule has 0 aliphatic heterocycles. The summed E-state index contributed by atoms with van der Waals surface area (Å²) in [5, 5.41) is 32.5. The quantitative estimate of drug-likeness (QED) is 0.541. The Bertz CT molecular complexity index is 595. The average molecular weight is 365 g/mol. The summed E-state index contributed by atoms with van der Waals surface area (Å²) in [6.45, 7) is 0. The first-order chi connectivity index (χ1) is 11.9. The number of aliphatic hydroxyl groups is 2. The van der Waals surface area contributed by atoms with Crippen LogP contribution in [-0.4, -0.2) is 55.3 Å². The van der Waals surface area contributed by atoms with Gasteiger partial charge < -0.3 is 20.4 Å². The number of aryl methyl sites for hydroxylation is 1. The number of thioether (sulfide) groups is 1. The molecule has 0 unspecified atom stereocenters. The molecule has 0 aliphatic carbocycles. The number of carbonyl (C=O) groups is 2. The molecule has 0 amide bonds. The van der Waals surface area contributed by atoms with Crippen LogP contribution in [0, 0.1) is 0 Å². The van der Waals surface area contributed by atoms with Crippen LogP contribution >= 0.6 is 11.8 Å². The molecule has 2 aromatic rings. The van der Waals surface area contributed by atoms with Gasteiger partial charge >= 0.3 is 11.9 Å². The van der Waals surface area contributed by atoms with E-state index >= 15 is 0 Å². The first-order valence-corrected chi connectivity index (χ1v) is 8.29. The zero-order valence-corrected chi connectivity index (χ0v) is 14.0. The number of aliphatic hydroxyl groups excluding tert-OH is 2. The van der Waals surface area contributed by atoms with E-state index in [-0.39, 0.29) is 0 Å². The van der Waals surface area contributed by atoms with Crippen LogP contribution < -0.4 is 0 Å². The van der Waals surface area contributed by atoms with Crippen LogP contribution in [0.2, 0.25) is 0 Å². The van der Waals surface area contributed by atoms with Gasteiger partial charge in [-0.25, -0.2) is 9.59 Å². The van der Waals surface area contributed by atoms with Crippen molar-refractivity contribution in [3.05, 3.63) is 60.4 Å². The number of carboxylic acid groups (broad SMARTS) is 2. The molecule has 1 heterocycles. The molecule has 8 heteroatoms. The molecule has 0 saturated carbocycles. The lowest BCUT2D eigenvalue weighted by Crippen LogP contribution is -2.39. The monoisotopic (exact) mass is 365 g/mol. The minimum absolute atomic E-state index is 1.10. The molecule has 7 nitrogen and oxygen atoms in total. The Kier molecular flexibility index (Phi) is 9.23. The largest absolute Gasteiger partial charge is 0.479 e. The molecule has 0 radical (unpaired) electrons. The van der Waals surface area contributed by atoms with Crippen LogP contribution in [0.5, 0.6) is 0 Å². The van der Waals surface area contributed by atoms with Crippen LogP contribution in [0.4, 0.5) is 0 Å². The van der Waals surface area contributed by atoms with E-state index in [1.54, 1.807) is 0 Å². The number of carboxylic acids is 2. The van der Waals surface area contributed by atoms with E-state index < -0.39 is 24.1 Å². The zero-order chi connectivity index (χ0) is 18.7. The van der Waals surface area contributed by atoms with Gasteiger partial charge in [-0.3, -0.25) is 4.98 Å². The second kappa shape index (κ2) is 11.2. The Morgan fingerprint density at radius 2 is 1.44 bits per heavy atom. The van der Waals surface area contributed by atoms with E-state index in [1.807, 2.05) is 30.2 Å². The van der Waals surface area contributed by atoms with E-state index in [1.165, 1.54) is 10.5 Å². The Hall–Kier alpha value is -2.42. The molecule has 1 aromatic carbocycles. The van der Waals surface area contributed by atoms with Gasteiger partial charge in [0.2, 0.25) is 0 Å². The molecule has 25 heavy (non-hydrogen) atoms. The first-order valence-electron chi connectivity index (χ1n) is 7.30. The van der Waals surface area contributed by atoms with Gasteiger partial charge in [-0.05, 0) is 36.2 Å². The van der Waals surface area contributed by atoms with E-state index in [2.05, 4.69) is 41.4 Å². The number of pyridine rings is 1. The summed E-state index contributed by atoms with van der Waals surface area (Å²) in [6, 6.07) is 14.7. The summed E-state index contributed by atoms with van der Waals surface area (Å²) in [6.07, 6.45) is 0.266. The van der Waals surface area contributed by atoms with Crippen LogP contribution in [0.3, 0.4) is 0 Å².